The molecule has 0 aliphatic carbocycles. The number of nitrogens with zero attached hydrogens (tertiary/aromatic N) is 4. The number of aromatic nitrogens is 2. The Bertz CT molecular complexity index is 650. The monoisotopic (exact) mass is 300 g/mol. The first-order valence-electron chi connectivity index (χ1n) is 7.36. The molecule has 1 amide bonds. The van der Waals surface area contributed by atoms with E-state index in [1.807, 2.05) is 37.5 Å². The fourth-order valence-corrected chi connectivity index (χ4v) is 2.69. The SMILES string of the molecule is Cn1cc(N2CCN(Cc3ccc(CO)cc3)CC2=O)cn1. The van der Waals surface area contributed by atoms with Crippen LogP contribution in [0.2, 0.25) is 0 Å². The molecule has 2 heterocycles. The van der Waals surface area contributed by atoms with E-state index in [1.165, 1.54) is 0 Å². The van der Waals surface area contributed by atoms with E-state index in [4.69, 9.17) is 5.11 Å². The molecule has 0 radical (unpaired) electrons. The number of carbonyl (C=O) groups excluding carboxylic acids is 1. The third kappa shape index (κ3) is 3.18. The Kier molecular flexibility index (Phi) is 4.22. The third-order valence-corrected chi connectivity index (χ3v) is 3.91. The maximum Gasteiger partial charge on any atom is 0.241 e. The number of aliphatic hydroxyl groups is 1. The number of piperazine rings is 1. The number of aryl methyl sites for hydroxylation is 1. The molecule has 22 heavy (non-hydrogen) atoms. The normalized spacial score (nSPS) is 16.3. The van der Waals surface area contributed by atoms with E-state index in [0.29, 0.717) is 13.1 Å². The van der Waals surface area contributed by atoms with E-state index in [2.05, 4.69) is 10.00 Å². The van der Waals surface area contributed by atoms with Crippen LogP contribution in [0.1, 0.15) is 11.1 Å². The summed E-state index contributed by atoms with van der Waals surface area (Å²) in [5.41, 5.74) is 2.92. The highest BCUT2D eigenvalue weighted by Gasteiger charge is 2.25. The summed E-state index contributed by atoms with van der Waals surface area (Å²) in [6.45, 7) is 2.74. The summed E-state index contributed by atoms with van der Waals surface area (Å²) in [5, 5.41) is 13.2. The van der Waals surface area contributed by atoms with Crippen molar-refractivity contribution in [3.05, 3.63) is 47.8 Å². The lowest BCUT2D eigenvalue weighted by atomic mass is 10.1. The second kappa shape index (κ2) is 6.29. The van der Waals surface area contributed by atoms with Crippen LogP contribution in [-0.4, -0.2) is 45.3 Å². The van der Waals surface area contributed by atoms with E-state index in [1.54, 1.807) is 15.8 Å². The number of amides is 1. The van der Waals surface area contributed by atoms with Crippen LogP contribution in [0.15, 0.2) is 36.7 Å². The zero-order chi connectivity index (χ0) is 15.5. The first kappa shape index (κ1) is 14.7. The second-order valence-corrected chi connectivity index (χ2v) is 5.60. The van der Waals surface area contributed by atoms with Crippen LogP contribution in [0, 0.1) is 0 Å². The van der Waals surface area contributed by atoms with Gasteiger partial charge in [-0.05, 0) is 11.1 Å². The predicted octanol–water partition coefficient (Wildman–Crippen LogP) is 0.761. The molecule has 1 aliphatic heterocycles. The summed E-state index contributed by atoms with van der Waals surface area (Å²) in [4.78, 5) is 16.3. The molecular weight excluding hydrogens is 280 g/mol. The van der Waals surface area contributed by atoms with Crippen LogP contribution >= 0.6 is 0 Å². The molecule has 0 atom stereocenters. The van der Waals surface area contributed by atoms with E-state index in [9.17, 15) is 4.79 Å². The van der Waals surface area contributed by atoms with Gasteiger partial charge in [0.1, 0.15) is 0 Å². The van der Waals surface area contributed by atoms with Gasteiger partial charge in [-0.15, -0.1) is 0 Å². The van der Waals surface area contributed by atoms with Crippen molar-refractivity contribution >= 4 is 11.6 Å². The quantitative estimate of drug-likeness (QED) is 0.905. The Morgan fingerprint density at radius 3 is 2.50 bits per heavy atom. The number of hydrogen-bond donors (Lipinski definition) is 1. The number of aliphatic hydroxyl groups excluding tert-OH is 1. The Morgan fingerprint density at radius 2 is 1.91 bits per heavy atom. The minimum absolute atomic E-state index is 0.0581. The van der Waals surface area contributed by atoms with Gasteiger partial charge >= 0.3 is 0 Å². The van der Waals surface area contributed by atoms with E-state index >= 15 is 0 Å². The van der Waals surface area contributed by atoms with Gasteiger partial charge in [-0.3, -0.25) is 14.4 Å². The fraction of sp³-hybridized carbons (Fsp3) is 0.375. The van der Waals surface area contributed by atoms with Crippen molar-refractivity contribution in [3.8, 4) is 0 Å². The zero-order valence-corrected chi connectivity index (χ0v) is 12.6. The Balaban J connectivity index is 1.61. The van der Waals surface area contributed by atoms with Gasteiger partial charge in [0.25, 0.3) is 0 Å². The van der Waals surface area contributed by atoms with Crippen LogP contribution in [0.3, 0.4) is 0 Å². The number of benzene rings is 1. The molecule has 1 N–H and O–H groups in total. The van der Waals surface area contributed by atoms with Crippen LogP contribution in [0.5, 0.6) is 0 Å². The Morgan fingerprint density at radius 1 is 1.18 bits per heavy atom. The molecule has 0 saturated carbocycles. The van der Waals surface area contributed by atoms with Crippen molar-refractivity contribution in [2.75, 3.05) is 24.5 Å². The van der Waals surface area contributed by atoms with Gasteiger partial charge in [0, 0.05) is 32.9 Å². The summed E-state index contributed by atoms with van der Waals surface area (Å²) in [7, 11) is 1.85. The molecule has 3 rings (SSSR count). The van der Waals surface area contributed by atoms with Gasteiger partial charge in [0.15, 0.2) is 0 Å². The van der Waals surface area contributed by atoms with Gasteiger partial charge in [-0.25, -0.2) is 0 Å². The van der Waals surface area contributed by atoms with Crippen molar-refractivity contribution in [2.24, 2.45) is 7.05 Å². The molecule has 6 nitrogen and oxygen atoms in total. The first-order valence-corrected chi connectivity index (χ1v) is 7.36. The molecular formula is C16H20N4O2. The maximum absolute atomic E-state index is 12.3. The average molecular weight is 300 g/mol. The van der Waals surface area contributed by atoms with Crippen molar-refractivity contribution in [3.63, 3.8) is 0 Å². The maximum atomic E-state index is 12.3. The third-order valence-electron chi connectivity index (χ3n) is 3.91. The highest BCUT2D eigenvalue weighted by molar-refractivity contribution is 5.95. The first-order chi connectivity index (χ1) is 10.7. The topological polar surface area (TPSA) is 61.6 Å². The van der Waals surface area contributed by atoms with Crippen LogP contribution < -0.4 is 4.90 Å². The van der Waals surface area contributed by atoms with E-state index in [-0.39, 0.29) is 12.5 Å². The molecule has 1 fully saturated rings. The van der Waals surface area contributed by atoms with E-state index < -0.39 is 0 Å². The fourth-order valence-electron chi connectivity index (χ4n) is 2.69. The molecule has 1 aromatic carbocycles. The lowest BCUT2D eigenvalue weighted by molar-refractivity contribution is -0.121. The minimum atomic E-state index is 0.0581. The van der Waals surface area contributed by atoms with Crippen molar-refractivity contribution in [2.45, 2.75) is 13.2 Å². The zero-order valence-electron chi connectivity index (χ0n) is 12.6. The summed E-state index contributed by atoms with van der Waals surface area (Å²) < 4.78 is 1.71. The van der Waals surface area contributed by atoms with E-state index in [0.717, 1.165) is 29.9 Å². The highest BCUT2D eigenvalue weighted by Crippen LogP contribution is 2.17. The average Bonchev–Trinajstić information content (AvgIpc) is 2.94. The molecule has 6 heteroatoms. The van der Waals surface area contributed by atoms with Gasteiger partial charge in [-0.1, -0.05) is 24.3 Å². The molecule has 1 aromatic heterocycles. The summed E-state index contributed by atoms with van der Waals surface area (Å²) in [6.07, 6.45) is 3.59. The minimum Gasteiger partial charge on any atom is -0.392 e. The number of carbonyl (C=O) groups is 1. The number of anilines is 1. The van der Waals surface area contributed by atoms with Crippen LogP contribution in [0.25, 0.3) is 0 Å². The smallest absolute Gasteiger partial charge is 0.241 e. The van der Waals surface area contributed by atoms with Crippen molar-refractivity contribution in [1.29, 1.82) is 0 Å². The molecule has 1 saturated heterocycles. The van der Waals surface area contributed by atoms with Gasteiger partial charge in [0.05, 0.1) is 25.0 Å². The molecule has 0 unspecified atom stereocenters. The molecule has 0 bridgehead atoms. The van der Waals surface area contributed by atoms with Gasteiger partial charge in [-0.2, -0.15) is 5.10 Å². The molecule has 0 spiro atoms. The predicted molar refractivity (Wildman–Crippen MR) is 83.2 cm³/mol. The van der Waals surface area contributed by atoms with Gasteiger partial charge in [0.2, 0.25) is 5.91 Å². The Labute approximate surface area is 129 Å². The van der Waals surface area contributed by atoms with Crippen molar-refractivity contribution in [1.82, 2.24) is 14.7 Å². The van der Waals surface area contributed by atoms with Crippen LogP contribution in [0.4, 0.5) is 5.69 Å². The summed E-state index contributed by atoms with van der Waals surface area (Å²) >= 11 is 0. The summed E-state index contributed by atoms with van der Waals surface area (Å²) in [5.74, 6) is 0.103. The highest BCUT2D eigenvalue weighted by atomic mass is 16.3. The molecule has 1 aliphatic rings. The van der Waals surface area contributed by atoms with Crippen molar-refractivity contribution < 1.29 is 9.90 Å². The molecule has 116 valence electrons. The largest absolute Gasteiger partial charge is 0.392 e. The van der Waals surface area contributed by atoms with Gasteiger partial charge < -0.3 is 10.0 Å². The second-order valence-electron chi connectivity index (χ2n) is 5.60. The Hall–Kier alpha value is -2.18. The lowest BCUT2D eigenvalue weighted by Gasteiger charge is -2.33. The van der Waals surface area contributed by atoms with Crippen LogP contribution in [-0.2, 0) is 25.0 Å². The number of rotatable bonds is 4. The lowest BCUT2D eigenvalue weighted by Crippen LogP contribution is -2.50. The molecule has 2 aromatic rings. The number of hydrogen-bond acceptors (Lipinski definition) is 4. The standard InChI is InChI=1S/C16H20N4O2/c1-18-10-15(8-17-18)20-7-6-19(11-16(20)22)9-13-2-4-14(12-21)5-3-13/h2-5,8,10,21H,6-7,9,11-12H2,1H3. The summed E-state index contributed by atoms with van der Waals surface area (Å²) in [6, 6.07) is 7.85.